The highest BCUT2D eigenvalue weighted by Gasteiger charge is 2.20. The number of hydrogen-bond acceptors (Lipinski definition) is 5. The van der Waals surface area contributed by atoms with E-state index in [1.165, 1.54) is 13.2 Å². The monoisotopic (exact) mass is 234 g/mol. The third-order valence-electron chi connectivity index (χ3n) is 2.32. The van der Waals surface area contributed by atoms with Crippen LogP contribution in [0.25, 0.3) is 0 Å². The average Bonchev–Trinajstić information content (AvgIpc) is 2.35. The Kier molecular flexibility index (Phi) is 3.78. The Hall–Kier alpha value is -2.42. The maximum absolute atomic E-state index is 11.4. The van der Waals surface area contributed by atoms with Gasteiger partial charge in [-0.3, -0.25) is 10.1 Å². The molecule has 0 atom stereocenters. The minimum atomic E-state index is -0.675. The molecular formula is C11H10N2O4. The van der Waals surface area contributed by atoms with Gasteiger partial charge in [0, 0.05) is 11.6 Å². The molecule has 88 valence electrons. The number of nitro groups is 1. The number of carbonyl (C=O) groups excluding carboxylic acids is 1. The molecule has 0 bridgehead atoms. The van der Waals surface area contributed by atoms with E-state index in [4.69, 9.17) is 5.26 Å². The van der Waals surface area contributed by atoms with Crippen molar-refractivity contribution in [2.75, 3.05) is 7.11 Å². The van der Waals surface area contributed by atoms with Crippen LogP contribution in [-0.4, -0.2) is 18.0 Å². The molecule has 0 aliphatic rings. The maximum Gasteiger partial charge on any atom is 0.339 e. The van der Waals surface area contributed by atoms with E-state index >= 15 is 0 Å². The lowest BCUT2D eigenvalue weighted by molar-refractivity contribution is -0.385. The molecule has 1 aromatic rings. The topological polar surface area (TPSA) is 93.2 Å². The van der Waals surface area contributed by atoms with Crippen LogP contribution in [0.4, 0.5) is 5.69 Å². The molecule has 0 aromatic heterocycles. The minimum Gasteiger partial charge on any atom is -0.465 e. The first kappa shape index (κ1) is 12.6. The molecule has 1 rings (SSSR count). The highest BCUT2D eigenvalue weighted by molar-refractivity contribution is 5.93. The van der Waals surface area contributed by atoms with Crippen LogP contribution in [0.2, 0.25) is 0 Å². The van der Waals surface area contributed by atoms with Gasteiger partial charge in [0.05, 0.1) is 23.2 Å². The fourth-order valence-electron chi connectivity index (χ4n) is 1.46. The predicted octanol–water partition coefficient (Wildman–Crippen LogP) is 1.82. The molecule has 0 saturated heterocycles. The van der Waals surface area contributed by atoms with Crippen molar-refractivity contribution in [2.24, 2.45) is 0 Å². The maximum atomic E-state index is 11.4. The second-order valence-corrected chi connectivity index (χ2v) is 3.24. The molecule has 0 heterocycles. The number of carbonyl (C=O) groups is 1. The fourth-order valence-corrected chi connectivity index (χ4v) is 1.46. The third-order valence-corrected chi connectivity index (χ3v) is 2.32. The number of methoxy groups -OCH3 is 1. The molecule has 0 amide bonds. The van der Waals surface area contributed by atoms with E-state index in [-0.39, 0.29) is 16.8 Å². The molecule has 0 spiro atoms. The number of hydrogen-bond donors (Lipinski definition) is 0. The Bertz CT molecular complexity index is 517. The summed E-state index contributed by atoms with van der Waals surface area (Å²) in [6.07, 6.45) is 0.395. The molecule has 6 nitrogen and oxygen atoms in total. The van der Waals surface area contributed by atoms with Crippen LogP contribution in [0.1, 0.15) is 28.4 Å². The number of rotatable bonds is 3. The van der Waals surface area contributed by atoms with Gasteiger partial charge in [-0.25, -0.2) is 4.79 Å². The van der Waals surface area contributed by atoms with E-state index in [1.807, 2.05) is 0 Å². The summed E-state index contributed by atoms with van der Waals surface area (Å²) in [5.74, 6) is -0.675. The van der Waals surface area contributed by atoms with E-state index in [1.54, 1.807) is 13.0 Å². The number of nitro benzene ring substituents is 1. The summed E-state index contributed by atoms with van der Waals surface area (Å²) in [4.78, 5) is 21.6. The van der Waals surface area contributed by atoms with Crippen molar-refractivity contribution in [2.45, 2.75) is 13.3 Å². The van der Waals surface area contributed by atoms with Crippen LogP contribution < -0.4 is 0 Å². The first-order valence-electron chi connectivity index (χ1n) is 4.84. The summed E-state index contributed by atoms with van der Waals surface area (Å²) in [6.45, 7) is 1.73. The number of esters is 1. The first-order valence-corrected chi connectivity index (χ1v) is 4.84. The Labute approximate surface area is 97.6 Å². The largest absolute Gasteiger partial charge is 0.465 e. The summed E-state index contributed by atoms with van der Waals surface area (Å²) in [7, 11) is 1.19. The quantitative estimate of drug-likeness (QED) is 0.451. The smallest absolute Gasteiger partial charge is 0.339 e. The normalized spacial score (nSPS) is 9.47. The van der Waals surface area contributed by atoms with Crippen LogP contribution in [-0.2, 0) is 11.2 Å². The SMILES string of the molecule is CCc1cc(C(=O)OC)c(C#N)cc1[N+](=O)[O-]. The van der Waals surface area contributed by atoms with E-state index in [0.29, 0.717) is 12.0 Å². The number of nitriles is 1. The zero-order valence-electron chi connectivity index (χ0n) is 9.39. The Morgan fingerprint density at radius 3 is 2.65 bits per heavy atom. The second-order valence-electron chi connectivity index (χ2n) is 3.24. The number of benzene rings is 1. The molecule has 1 aromatic carbocycles. The molecule has 6 heteroatoms. The lowest BCUT2D eigenvalue weighted by atomic mass is 10.0. The second kappa shape index (κ2) is 5.07. The van der Waals surface area contributed by atoms with Gasteiger partial charge in [0.1, 0.15) is 6.07 Å². The van der Waals surface area contributed by atoms with Gasteiger partial charge in [-0.2, -0.15) is 5.26 Å². The summed E-state index contributed by atoms with van der Waals surface area (Å²) < 4.78 is 4.52. The fraction of sp³-hybridized carbons (Fsp3) is 0.273. The van der Waals surface area contributed by atoms with Crippen LogP contribution in [0.5, 0.6) is 0 Å². The average molecular weight is 234 g/mol. The zero-order chi connectivity index (χ0) is 13.0. The number of nitrogens with zero attached hydrogens (tertiary/aromatic N) is 2. The van der Waals surface area contributed by atoms with Gasteiger partial charge in [0.2, 0.25) is 0 Å². The van der Waals surface area contributed by atoms with Crippen molar-refractivity contribution in [1.82, 2.24) is 0 Å². The van der Waals surface area contributed by atoms with Crippen LogP contribution in [0.3, 0.4) is 0 Å². The predicted molar refractivity (Wildman–Crippen MR) is 58.5 cm³/mol. The minimum absolute atomic E-state index is 0.0532. The van der Waals surface area contributed by atoms with Gasteiger partial charge in [0.15, 0.2) is 0 Å². The van der Waals surface area contributed by atoms with E-state index < -0.39 is 10.9 Å². The lowest BCUT2D eigenvalue weighted by Crippen LogP contribution is -2.07. The third kappa shape index (κ3) is 2.39. The summed E-state index contributed by atoms with van der Waals surface area (Å²) >= 11 is 0. The molecule has 0 aliphatic carbocycles. The number of aryl methyl sites for hydroxylation is 1. The number of ether oxygens (including phenoxy) is 1. The molecule has 17 heavy (non-hydrogen) atoms. The molecule has 0 aliphatic heterocycles. The zero-order valence-corrected chi connectivity index (χ0v) is 9.39. The molecule has 0 saturated carbocycles. The molecule has 0 fully saturated rings. The molecular weight excluding hydrogens is 224 g/mol. The Balaban J connectivity index is 3.50. The Morgan fingerprint density at radius 2 is 2.24 bits per heavy atom. The molecule has 0 radical (unpaired) electrons. The van der Waals surface area contributed by atoms with Crippen molar-refractivity contribution in [1.29, 1.82) is 5.26 Å². The van der Waals surface area contributed by atoms with E-state index in [9.17, 15) is 14.9 Å². The van der Waals surface area contributed by atoms with E-state index in [2.05, 4.69) is 4.74 Å². The van der Waals surface area contributed by atoms with Gasteiger partial charge in [-0.1, -0.05) is 6.92 Å². The van der Waals surface area contributed by atoms with Gasteiger partial charge in [-0.15, -0.1) is 0 Å². The van der Waals surface area contributed by atoms with Crippen molar-refractivity contribution in [3.63, 3.8) is 0 Å². The van der Waals surface area contributed by atoms with Gasteiger partial charge < -0.3 is 4.74 Å². The molecule has 0 N–H and O–H groups in total. The Morgan fingerprint density at radius 1 is 1.59 bits per heavy atom. The lowest BCUT2D eigenvalue weighted by Gasteiger charge is -2.05. The first-order chi connectivity index (χ1) is 8.04. The van der Waals surface area contributed by atoms with Gasteiger partial charge in [-0.05, 0) is 12.5 Å². The standard InChI is InChI=1S/C11H10N2O4/c1-3-7-4-9(11(14)17-2)8(6-12)5-10(7)13(15)16/h4-5H,3H2,1-2H3. The highest BCUT2D eigenvalue weighted by Crippen LogP contribution is 2.24. The van der Waals surface area contributed by atoms with Crippen molar-refractivity contribution >= 4 is 11.7 Å². The highest BCUT2D eigenvalue weighted by atomic mass is 16.6. The van der Waals surface area contributed by atoms with Gasteiger partial charge >= 0.3 is 5.97 Å². The summed E-state index contributed by atoms with van der Waals surface area (Å²) in [5.41, 5.74) is 0.240. The van der Waals surface area contributed by atoms with Crippen LogP contribution >= 0.6 is 0 Å². The van der Waals surface area contributed by atoms with Crippen molar-refractivity contribution < 1.29 is 14.5 Å². The summed E-state index contributed by atoms with van der Waals surface area (Å²) in [5, 5.41) is 19.6. The molecule has 0 unspecified atom stereocenters. The van der Waals surface area contributed by atoms with Crippen molar-refractivity contribution in [3.8, 4) is 6.07 Å². The van der Waals surface area contributed by atoms with E-state index in [0.717, 1.165) is 6.07 Å². The van der Waals surface area contributed by atoms with Crippen LogP contribution in [0, 0.1) is 21.4 Å². The van der Waals surface area contributed by atoms with Crippen molar-refractivity contribution in [3.05, 3.63) is 38.9 Å². The summed E-state index contributed by atoms with van der Waals surface area (Å²) in [6, 6.07) is 4.19. The van der Waals surface area contributed by atoms with Gasteiger partial charge in [0.25, 0.3) is 5.69 Å². The van der Waals surface area contributed by atoms with Crippen LogP contribution in [0.15, 0.2) is 12.1 Å².